The van der Waals surface area contributed by atoms with Crippen molar-refractivity contribution in [1.82, 2.24) is 9.88 Å². The molecule has 4 rings (SSSR count). The number of anilines is 1. The van der Waals surface area contributed by atoms with Crippen LogP contribution in [0.1, 0.15) is 22.5 Å². The van der Waals surface area contributed by atoms with Gasteiger partial charge in [0.05, 0.1) is 17.8 Å². The van der Waals surface area contributed by atoms with Gasteiger partial charge in [-0.1, -0.05) is 29.8 Å². The predicted molar refractivity (Wildman–Crippen MR) is 127 cm³/mol. The van der Waals surface area contributed by atoms with Crippen molar-refractivity contribution in [2.24, 2.45) is 0 Å². The molecule has 0 atom stereocenters. The molecule has 1 aromatic heterocycles. The van der Waals surface area contributed by atoms with Crippen molar-refractivity contribution >= 4 is 41.2 Å². The number of carbonyl (C=O) groups excluding carboxylic acids is 3. The van der Waals surface area contributed by atoms with E-state index in [2.05, 4.69) is 9.88 Å². The fourth-order valence-corrected chi connectivity index (χ4v) is 4.21. The summed E-state index contributed by atoms with van der Waals surface area (Å²) in [5.74, 6) is -1.08. The molecular formula is C25H22ClN3O4. The third-order valence-corrected chi connectivity index (χ3v) is 5.92. The normalized spacial score (nSPS) is 15.2. The van der Waals surface area contributed by atoms with Crippen molar-refractivity contribution in [2.75, 3.05) is 12.0 Å². The number of methoxy groups -OCH3 is 1. The summed E-state index contributed by atoms with van der Waals surface area (Å²) in [7, 11) is 1.46. The van der Waals surface area contributed by atoms with Crippen molar-refractivity contribution in [3.05, 3.63) is 81.6 Å². The van der Waals surface area contributed by atoms with E-state index in [1.165, 1.54) is 25.3 Å². The topological polar surface area (TPSA) is 80.6 Å². The maximum absolute atomic E-state index is 13.2. The lowest BCUT2D eigenvalue weighted by Gasteiger charge is -2.26. The Morgan fingerprint density at radius 1 is 1.00 bits per heavy atom. The number of amides is 4. The van der Waals surface area contributed by atoms with E-state index in [-0.39, 0.29) is 16.3 Å². The van der Waals surface area contributed by atoms with Gasteiger partial charge < -0.3 is 9.30 Å². The van der Waals surface area contributed by atoms with E-state index >= 15 is 0 Å². The number of urea groups is 1. The first-order chi connectivity index (χ1) is 15.7. The van der Waals surface area contributed by atoms with Crippen LogP contribution in [0.3, 0.4) is 0 Å². The molecule has 0 saturated carbocycles. The second-order valence-corrected chi connectivity index (χ2v) is 8.13. The van der Waals surface area contributed by atoms with Gasteiger partial charge in [0.25, 0.3) is 11.8 Å². The molecule has 0 radical (unpaired) electrons. The summed E-state index contributed by atoms with van der Waals surface area (Å²) in [5, 5.41) is 2.47. The molecule has 0 unspecified atom stereocenters. The third-order valence-electron chi connectivity index (χ3n) is 5.62. The average Bonchev–Trinajstić information content (AvgIpc) is 3.04. The molecule has 7 nitrogen and oxygen atoms in total. The fourth-order valence-electron chi connectivity index (χ4n) is 3.96. The van der Waals surface area contributed by atoms with Gasteiger partial charge in [0, 0.05) is 17.1 Å². The van der Waals surface area contributed by atoms with E-state index in [0.717, 1.165) is 27.5 Å². The van der Waals surface area contributed by atoms with Gasteiger partial charge in [0.1, 0.15) is 11.3 Å². The number of aryl methyl sites for hydroxylation is 2. The van der Waals surface area contributed by atoms with Gasteiger partial charge in [-0.25, -0.2) is 9.69 Å². The SMILES string of the molecule is COc1ccc(N2C(=O)NC(=O)C(=Cc3cc(C)n(-c4ccccc4C)c3C)C2=O)cc1Cl. The Morgan fingerprint density at radius 3 is 2.39 bits per heavy atom. The molecule has 33 heavy (non-hydrogen) atoms. The Labute approximate surface area is 196 Å². The summed E-state index contributed by atoms with van der Waals surface area (Å²) in [5.41, 5.74) is 4.72. The summed E-state index contributed by atoms with van der Waals surface area (Å²) in [4.78, 5) is 39.2. The molecule has 4 amide bonds. The van der Waals surface area contributed by atoms with E-state index < -0.39 is 17.8 Å². The quantitative estimate of drug-likeness (QED) is 0.448. The standard InChI is InChI=1S/C25H22ClN3O4/c1-14-7-5-6-8-21(14)28-15(2)11-17(16(28)3)12-19-23(30)27-25(32)29(24(19)31)18-9-10-22(33-4)20(26)13-18/h5-13H,1-4H3,(H,27,30,32). The first-order valence-corrected chi connectivity index (χ1v) is 10.6. The molecule has 0 aliphatic carbocycles. The maximum atomic E-state index is 13.2. The summed E-state index contributed by atoms with van der Waals surface area (Å²) in [6.45, 7) is 5.90. The number of halogens is 1. The Bertz CT molecular complexity index is 1340. The number of imide groups is 2. The van der Waals surface area contributed by atoms with Crippen LogP contribution in [0.5, 0.6) is 5.75 Å². The monoisotopic (exact) mass is 463 g/mol. The Kier molecular flexibility index (Phi) is 5.82. The number of aromatic nitrogens is 1. The van der Waals surface area contributed by atoms with Crippen LogP contribution in [0.15, 0.2) is 54.1 Å². The van der Waals surface area contributed by atoms with E-state index in [9.17, 15) is 14.4 Å². The zero-order valence-corrected chi connectivity index (χ0v) is 19.4. The number of ether oxygens (including phenoxy) is 1. The molecule has 3 aromatic rings. The maximum Gasteiger partial charge on any atom is 0.335 e. The fraction of sp³-hybridized carbons (Fsp3) is 0.160. The molecule has 1 N–H and O–H groups in total. The molecule has 0 spiro atoms. The van der Waals surface area contributed by atoms with Crippen molar-refractivity contribution < 1.29 is 19.1 Å². The van der Waals surface area contributed by atoms with Crippen LogP contribution in [0, 0.1) is 20.8 Å². The molecule has 1 aliphatic heterocycles. The highest BCUT2D eigenvalue weighted by Gasteiger charge is 2.37. The molecular weight excluding hydrogens is 442 g/mol. The van der Waals surface area contributed by atoms with Crippen molar-refractivity contribution in [2.45, 2.75) is 20.8 Å². The minimum Gasteiger partial charge on any atom is -0.495 e. The van der Waals surface area contributed by atoms with Crippen molar-refractivity contribution in [3.8, 4) is 11.4 Å². The van der Waals surface area contributed by atoms with E-state index in [4.69, 9.17) is 16.3 Å². The minimum atomic E-state index is -0.839. The highest BCUT2D eigenvalue weighted by molar-refractivity contribution is 6.39. The molecule has 1 fully saturated rings. The molecule has 168 valence electrons. The number of nitrogens with zero attached hydrogens (tertiary/aromatic N) is 2. The molecule has 8 heteroatoms. The number of hydrogen-bond acceptors (Lipinski definition) is 4. The Balaban J connectivity index is 1.77. The highest BCUT2D eigenvalue weighted by atomic mass is 35.5. The average molecular weight is 464 g/mol. The second kappa shape index (κ2) is 8.60. The Morgan fingerprint density at radius 2 is 1.73 bits per heavy atom. The van der Waals surface area contributed by atoms with E-state index in [0.29, 0.717) is 11.3 Å². The first-order valence-electron chi connectivity index (χ1n) is 10.2. The van der Waals surface area contributed by atoms with Gasteiger partial charge in [0.2, 0.25) is 0 Å². The van der Waals surface area contributed by atoms with Gasteiger partial charge in [-0.2, -0.15) is 0 Å². The van der Waals surface area contributed by atoms with Gasteiger partial charge >= 0.3 is 6.03 Å². The van der Waals surface area contributed by atoms with Crippen molar-refractivity contribution in [1.29, 1.82) is 0 Å². The number of barbiturate groups is 1. The number of benzene rings is 2. The zero-order valence-electron chi connectivity index (χ0n) is 18.6. The van der Waals surface area contributed by atoms with E-state index in [1.807, 2.05) is 51.1 Å². The number of hydrogen-bond donors (Lipinski definition) is 1. The van der Waals surface area contributed by atoms with Crippen LogP contribution < -0.4 is 15.0 Å². The predicted octanol–water partition coefficient (Wildman–Crippen LogP) is 4.73. The highest BCUT2D eigenvalue weighted by Crippen LogP contribution is 2.31. The van der Waals surface area contributed by atoms with Gasteiger partial charge in [-0.3, -0.25) is 14.9 Å². The lowest BCUT2D eigenvalue weighted by atomic mass is 10.1. The summed E-state index contributed by atoms with van der Waals surface area (Å²) in [6, 6.07) is 13.5. The van der Waals surface area contributed by atoms with Crippen LogP contribution in [-0.4, -0.2) is 29.5 Å². The van der Waals surface area contributed by atoms with Crippen LogP contribution in [0.4, 0.5) is 10.5 Å². The summed E-state index contributed by atoms with van der Waals surface area (Å²) >= 11 is 6.17. The first kappa shape index (κ1) is 22.4. The zero-order chi connectivity index (χ0) is 23.9. The Hall–Kier alpha value is -3.84. The number of nitrogens with one attached hydrogen (secondary N) is 1. The van der Waals surface area contributed by atoms with Gasteiger partial charge in [0.15, 0.2) is 0 Å². The lowest BCUT2D eigenvalue weighted by molar-refractivity contribution is -0.122. The minimum absolute atomic E-state index is 0.147. The lowest BCUT2D eigenvalue weighted by Crippen LogP contribution is -2.54. The van der Waals surface area contributed by atoms with Gasteiger partial charge in [-0.05, 0) is 68.3 Å². The van der Waals surface area contributed by atoms with Crippen molar-refractivity contribution in [3.63, 3.8) is 0 Å². The molecule has 1 aliphatic rings. The number of para-hydroxylation sites is 1. The molecule has 2 aromatic carbocycles. The summed E-state index contributed by atoms with van der Waals surface area (Å²) in [6.07, 6.45) is 1.51. The number of rotatable bonds is 4. The van der Waals surface area contributed by atoms with Gasteiger partial charge in [-0.15, -0.1) is 0 Å². The van der Waals surface area contributed by atoms with Crippen LogP contribution in [0.25, 0.3) is 11.8 Å². The third kappa shape index (κ3) is 3.91. The molecule has 0 bridgehead atoms. The van der Waals surface area contributed by atoms with Crippen LogP contribution >= 0.6 is 11.6 Å². The molecule has 2 heterocycles. The largest absolute Gasteiger partial charge is 0.495 e. The molecule has 1 saturated heterocycles. The van der Waals surface area contributed by atoms with Crippen LogP contribution in [-0.2, 0) is 9.59 Å². The second-order valence-electron chi connectivity index (χ2n) is 7.73. The smallest absolute Gasteiger partial charge is 0.335 e. The van der Waals surface area contributed by atoms with Crippen LogP contribution in [0.2, 0.25) is 5.02 Å². The van der Waals surface area contributed by atoms with E-state index in [1.54, 1.807) is 6.07 Å². The number of carbonyl (C=O) groups is 3. The summed E-state index contributed by atoms with van der Waals surface area (Å²) < 4.78 is 7.19.